The Kier molecular flexibility index (Phi) is 4.50. The SMILES string of the molecule is O=C1NCNC2C1C(c1ccc(OCC3(O)COC3)cc1)=CN2c1ccccc1. The molecule has 7 nitrogen and oxygen atoms in total. The number of nitrogens with one attached hydrogen (secondary N) is 2. The van der Waals surface area contributed by atoms with Crippen LogP contribution >= 0.6 is 0 Å². The van der Waals surface area contributed by atoms with Crippen molar-refractivity contribution in [1.82, 2.24) is 10.6 Å². The van der Waals surface area contributed by atoms with Gasteiger partial charge in [-0.1, -0.05) is 30.3 Å². The number of amides is 1. The van der Waals surface area contributed by atoms with Gasteiger partial charge in [0.1, 0.15) is 24.1 Å². The minimum Gasteiger partial charge on any atom is -0.490 e. The van der Waals surface area contributed by atoms with Gasteiger partial charge < -0.3 is 24.8 Å². The zero-order valence-corrected chi connectivity index (χ0v) is 15.9. The van der Waals surface area contributed by atoms with E-state index in [1.807, 2.05) is 60.8 Å². The molecule has 2 unspecified atom stereocenters. The maximum atomic E-state index is 12.7. The minimum absolute atomic E-state index is 0.0194. The number of hydrogen-bond acceptors (Lipinski definition) is 6. The average Bonchev–Trinajstić information content (AvgIpc) is 3.13. The van der Waals surface area contributed by atoms with Crippen LogP contribution in [0.4, 0.5) is 5.69 Å². The monoisotopic (exact) mass is 393 g/mol. The van der Waals surface area contributed by atoms with Gasteiger partial charge in [0.2, 0.25) is 5.91 Å². The van der Waals surface area contributed by atoms with Crippen molar-refractivity contribution >= 4 is 17.2 Å². The molecular formula is C22H23N3O4. The quantitative estimate of drug-likeness (QED) is 0.711. The highest BCUT2D eigenvalue weighted by Crippen LogP contribution is 2.38. The van der Waals surface area contributed by atoms with Crippen LogP contribution in [-0.2, 0) is 9.53 Å². The second kappa shape index (κ2) is 7.18. The van der Waals surface area contributed by atoms with E-state index >= 15 is 0 Å². The molecule has 2 aromatic rings. The van der Waals surface area contributed by atoms with Gasteiger partial charge in [-0.25, -0.2) is 0 Å². The third kappa shape index (κ3) is 3.37. The second-order valence-electron chi connectivity index (χ2n) is 7.70. The highest BCUT2D eigenvalue weighted by molar-refractivity contribution is 5.96. The van der Waals surface area contributed by atoms with Gasteiger partial charge in [-0.2, -0.15) is 0 Å². The first-order valence-corrected chi connectivity index (χ1v) is 9.73. The third-order valence-electron chi connectivity index (χ3n) is 5.58. The van der Waals surface area contributed by atoms with Crippen LogP contribution in [-0.4, -0.2) is 49.3 Å². The lowest BCUT2D eigenvalue weighted by Gasteiger charge is -2.35. The standard InChI is InChI=1S/C22H23N3O4/c26-21-19-18(10-25(20(19)23-14-24-21)16-4-2-1-3-5-16)15-6-8-17(9-7-15)29-13-22(27)11-28-12-22/h1-10,19-20,23,27H,11-14H2,(H,24,26). The van der Waals surface area contributed by atoms with Gasteiger partial charge in [0.25, 0.3) is 0 Å². The summed E-state index contributed by atoms with van der Waals surface area (Å²) in [5.74, 6) is 0.393. The number of ether oxygens (including phenoxy) is 2. The zero-order chi connectivity index (χ0) is 19.8. The molecule has 2 atom stereocenters. The molecular weight excluding hydrogens is 370 g/mol. The van der Waals surface area contributed by atoms with E-state index in [0.29, 0.717) is 25.6 Å². The first kappa shape index (κ1) is 18.2. The van der Waals surface area contributed by atoms with E-state index < -0.39 is 5.60 Å². The molecule has 5 rings (SSSR count). The van der Waals surface area contributed by atoms with Crippen LogP contribution in [0.3, 0.4) is 0 Å². The molecule has 2 fully saturated rings. The van der Waals surface area contributed by atoms with Crippen LogP contribution in [0.2, 0.25) is 0 Å². The third-order valence-corrected chi connectivity index (χ3v) is 5.58. The van der Waals surface area contributed by atoms with E-state index in [4.69, 9.17) is 9.47 Å². The van der Waals surface area contributed by atoms with Crippen LogP contribution in [0.15, 0.2) is 60.8 Å². The summed E-state index contributed by atoms with van der Waals surface area (Å²) in [5.41, 5.74) is 2.08. The molecule has 3 aliphatic rings. The molecule has 3 aliphatic heterocycles. The van der Waals surface area contributed by atoms with E-state index in [2.05, 4.69) is 15.5 Å². The van der Waals surface area contributed by atoms with Gasteiger partial charge in [-0.05, 0) is 35.4 Å². The maximum Gasteiger partial charge on any atom is 0.232 e. The van der Waals surface area contributed by atoms with E-state index in [1.165, 1.54) is 0 Å². The zero-order valence-electron chi connectivity index (χ0n) is 15.9. The molecule has 1 amide bonds. The first-order valence-electron chi connectivity index (χ1n) is 9.73. The van der Waals surface area contributed by atoms with Crippen LogP contribution < -0.4 is 20.3 Å². The summed E-state index contributed by atoms with van der Waals surface area (Å²) < 4.78 is 10.7. The molecule has 0 spiro atoms. The molecule has 0 bridgehead atoms. The molecule has 0 saturated carbocycles. The largest absolute Gasteiger partial charge is 0.490 e. The van der Waals surface area contributed by atoms with Gasteiger partial charge in [0.05, 0.1) is 25.8 Å². The number of carbonyl (C=O) groups is 1. The highest BCUT2D eigenvalue weighted by Gasteiger charge is 2.43. The maximum absolute atomic E-state index is 12.7. The molecule has 0 aromatic heterocycles. The highest BCUT2D eigenvalue weighted by atomic mass is 16.6. The van der Waals surface area contributed by atoms with Crippen molar-refractivity contribution in [2.45, 2.75) is 11.8 Å². The number of benzene rings is 2. The van der Waals surface area contributed by atoms with Crippen molar-refractivity contribution in [3.8, 4) is 5.75 Å². The van der Waals surface area contributed by atoms with Crippen molar-refractivity contribution in [3.63, 3.8) is 0 Å². The molecule has 7 heteroatoms. The van der Waals surface area contributed by atoms with Crippen LogP contribution in [0, 0.1) is 5.92 Å². The Morgan fingerprint density at radius 2 is 1.90 bits per heavy atom. The van der Waals surface area contributed by atoms with E-state index in [0.717, 1.165) is 16.8 Å². The topological polar surface area (TPSA) is 83.1 Å². The lowest BCUT2D eigenvalue weighted by Crippen LogP contribution is -2.58. The Morgan fingerprint density at radius 1 is 1.14 bits per heavy atom. The number of aliphatic hydroxyl groups is 1. The number of nitrogens with zero attached hydrogens (tertiary/aromatic N) is 1. The second-order valence-corrected chi connectivity index (χ2v) is 7.70. The Balaban J connectivity index is 1.40. The summed E-state index contributed by atoms with van der Waals surface area (Å²) in [6.45, 7) is 1.26. The fraction of sp³-hybridized carbons (Fsp3) is 0.318. The molecule has 3 N–H and O–H groups in total. The smallest absolute Gasteiger partial charge is 0.232 e. The fourth-order valence-corrected chi connectivity index (χ4v) is 3.97. The van der Waals surface area contributed by atoms with Crippen molar-refractivity contribution in [1.29, 1.82) is 0 Å². The molecule has 3 heterocycles. The molecule has 2 aromatic carbocycles. The summed E-state index contributed by atoms with van der Waals surface area (Å²) in [4.78, 5) is 14.8. The summed E-state index contributed by atoms with van der Waals surface area (Å²) in [7, 11) is 0. The Bertz CT molecular complexity index is 925. The number of fused-ring (bicyclic) bond motifs is 1. The average molecular weight is 393 g/mol. The van der Waals surface area contributed by atoms with Crippen molar-refractivity contribution in [2.75, 3.05) is 31.4 Å². The summed E-state index contributed by atoms with van der Waals surface area (Å²) in [5, 5.41) is 16.4. The molecule has 0 aliphatic carbocycles. The van der Waals surface area contributed by atoms with E-state index in [9.17, 15) is 9.90 Å². The molecule has 29 heavy (non-hydrogen) atoms. The van der Waals surface area contributed by atoms with Crippen LogP contribution in [0.5, 0.6) is 5.75 Å². The lowest BCUT2D eigenvalue weighted by molar-refractivity contribution is -0.192. The Hall–Kier alpha value is -2.87. The van der Waals surface area contributed by atoms with Gasteiger partial charge >= 0.3 is 0 Å². The van der Waals surface area contributed by atoms with Crippen LogP contribution in [0.25, 0.3) is 5.57 Å². The van der Waals surface area contributed by atoms with E-state index in [-0.39, 0.29) is 24.6 Å². The number of anilines is 1. The fourth-order valence-electron chi connectivity index (χ4n) is 3.97. The number of hydrogen-bond donors (Lipinski definition) is 3. The number of carbonyl (C=O) groups excluding carboxylic acids is 1. The van der Waals surface area contributed by atoms with Crippen molar-refractivity contribution in [3.05, 3.63) is 66.4 Å². The number of para-hydroxylation sites is 1. The van der Waals surface area contributed by atoms with Crippen molar-refractivity contribution in [2.24, 2.45) is 5.92 Å². The predicted molar refractivity (Wildman–Crippen MR) is 108 cm³/mol. The van der Waals surface area contributed by atoms with E-state index in [1.54, 1.807) is 0 Å². The Morgan fingerprint density at radius 3 is 2.59 bits per heavy atom. The van der Waals surface area contributed by atoms with Gasteiger partial charge in [-0.3, -0.25) is 10.1 Å². The first-order chi connectivity index (χ1) is 14.1. The summed E-state index contributed by atoms with van der Waals surface area (Å²) >= 11 is 0. The normalized spacial score (nSPS) is 24.9. The van der Waals surface area contributed by atoms with Crippen molar-refractivity contribution < 1.29 is 19.4 Å². The van der Waals surface area contributed by atoms with Gasteiger partial charge in [-0.15, -0.1) is 0 Å². The summed E-state index contributed by atoms with van der Waals surface area (Å²) in [6.07, 6.45) is 1.93. The van der Waals surface area contributed by atoms with Crippen LogP contribution in [0.1, 0.15) is 5.56 Å². The molecule has 150 valence electrons. The Labute approximate surface area is 168 Å². The summed E-state index contributed by atoms with van der Waals surface area (Å²) in [6, 6.07) is 17.7. The lowest BCUT2D eigenvalue weighted by atomic mass is 9.91. The van der Waals surface area contributed by atoms with Gasteiger partial charge in [0.15, 0.2) is 0 Å². The minimum atomic E-state index is -0.887. The molecule has 2 saturated heterocycles. The van der Waals surface area contributed by atoms with Gasteiger partial charge in [0, 0.05) is 11.9 Å². The molecule has 0 radical (unpaired) electrons. The predicted octanol–water partition coefficient (Wildman–Crippen LogP) is 1.31. The number of rotatable bonds is 5.